The molecule has 2 rings (SSSR count). The molecule has 4 heteroatoms. The van der Waals surface area contributed by atoms with Crippen molar-refractivity contribution in [3.05, 3.63) is 29.6 Å². The normalized spacial score (nSPS) is 19.2. The number of aryl methyl sites for hydroxylation is 1. The zero-order valence-corrected chi connectivity index (χ0v) is 10.3. The van der Waals surface area contributed by atoms with Crippen LogP contribution < -0.4 is 5.32 Å². The highest BCUT2D eigenvalue weighted by Crippen LogP contribution is 2.19. The highest BCUT2D eigenvalue weighted by Gasteiger charge is 2.29. The number of nitrogens with one attached hydrogen (secondary N) is 1. The second-order valence-corrected chi connectivity index (χ2v) is 4.71. The van der Waals surface area contributed by atoms with Crippen molar-refractivity contribution < 1.29 is 9.84 Å². The minimum atomic E-state index is -0.610. The SMILES string of the molecule is Cc1cccnc1CNCC1(O)CCOCC1. The minimum Gasteiger partial charge on any atom is -0.388 e. The summed E-state index contributed by atoms with van der Waals surface area (Å²) in [6, 6.07) is 3.98. The summed E-state index contributed by atoms with van der Waals surface area (Å²) in [5, 5.41) is 13.5. The lowest BCUT2D eigenvalue weighted by molar-refractivity contribution is -0.0617. The van der Waals surface area contributed by atoms with E-state index in [-0.39, 0.29) is 0 Å². The molecule has 2 heterocycles. The summed E-state index contributed by atoms with van der Waals surface area (Å²) >= 11 is 0. The number of aliphatic hydroxyl groups is 1. The number of hydrogen-bond donors (Lipinski definition) is 2. The Hall–Kier alpha value is -0.970. The van der Waals surface area contributed by atoms with Crippen LogP contribution in [0.25, 0.3) is 0 Å². The van der Waals surface area contributed by atoms with Crippen molar-refractivity contribution in [2.45, 2.75) is 31.9 Å². The number of rotatable bonds is 4. The summed E-state index contributed by atoms with van der Waals surface area (Å²) in [6.07, 6.45) is 3.22. The largest absolute Gasteiger partial charge is 0.388 e. The molecule has 0 unspecified atom stereocenters. The van der Waals surface area contributed by atoms with E-state index in [1.54, 1.807) is 6.20 Å². The van der Waals surface area contributed by atoms with Gasteiger partial charge in [-0.25, -0.2) is 0 Å². The molecular weight excluding hydrogens is 216 g/mol. The third-order valence-electron chi connectivity index (χ3n) is 3.29. The lowest BCUT2D eigenvalue weighted by Gasteiger charge is -2.32. The Bertz CT molecular complexity index is 362. The molecule has 94 valence electrons. The van der Waals surface area contributed by atoms with Gasteiger partial charge in [0.05, 0.1) is 11.3 Å². The molecule has 2 N–H and O–H groups in total. The Morgan fingerprint density at radius 3 is 2.94 bits per heavy atom. The maximum absolute atomic E-state index is 10.3. The van der Waals surface area contributed by atoms with E-state index in [0.29, 0.717) is 39.1 Å². The summed E-state index contributed by atoms with van der Waals surface area (Å²) in [5.74, 6) is 0. The first-order chi connectivity index (χ1) is 8.20. The molecule has 0 aliphatic carbocycles. The average Bonchev–Trinajstić information content (AvgIpc) is 2.32. The van der Waals surface area contributed by atoms with E-state index >= 15 is 0 Å². The van der Waals surface area contributed by atoms with E-state index in [4.69, 9.17) is 4.74 Å². The van der Waals surface area contributed by atoms with Crippen LogP contribution in [0.15, 0.2) is 18.3 Å². The highest BCUT2D eigenvalue weighted by molar-refractivity contribution is 5.17. The fourth-order valence-corrected chi connectivity index (χ4v) is 2.05. The molecular formula is C13H20N2O2. The van der Waals surface area contributed by atoms with Crippen LogP contribution in [-0.4, -0.2) is 35.5 Å². The van der Waals surface area contributed by atoms with Gasteiger partial charge in [-0.2, -0.15) is 0 Å². The van der Waals surface area contributed by atoms with Crippen LogP contribution in [0.5, 0.6) is 0 Å². The van der Waals surface area contributed by atoms with Crippen molar-refractivity contribution in [1.29, 1.82) is 0 Å². The average molecular weight is 236 g/mol. The third-order valence-corrected chi connectivity index (χ3v) is 3.29. The number of aromatic nitrogens is 1. The van der Waals surface area contributed by atoms with Crippen LogP contribution in [0.2, 0.25) is 0 Å². The number of hydrogen-bond acceptors (Lipinski definition) is 4. The van der Waals surface area contributed by atoms with Gasteiger partial charge in [0.15, 0.2) is 0 Å². The topological polar surface area (TPSA) is 54.4 Å². The van der Waals surface area contributed by atoms with Gasteiger partial charge in [-0.05, 0) is 18.6 Å². The van der Waals surface area contributed by atoms with E-state index < -0.39 is 5.60 Å². The molecule has 0 aromatic carbocycles. The smallest absolute Gasteiger partial charge is 0.0815 e. The van der Waals surface area contributed by atoms with Crippen molar-refractivity contribution in [2.75, 3.05) is 19.8 Å². The molecule has 1 fully saturated rings. The van der Waals surface area contributed by atoms with E-state index in [2.05, 4.69) is 10.3 Å². The molecule has 0 amide bonds. The molecule has 0 saturated carbocycles. The fourth-order valence-electron chi connectivity index (χ4n) is 2.05. The first-order valence-electron chi connectivity index (χ1n) is 6.11. The molecule has 1 saturated heterocycles. The molecule has 0 atom stereocenters. The monoisotopic (exact) mass is 236 g/mol. The van der Waals surface area contributed by atoms with E-state index in [0.717, 1.165) is 5.69 Å². The lowest BCUT2D eigenvalue weighted by Crippen LogP contribution is -2.44. The molecule has 17 heavy (non-hydrogen) atoms. The molecule has 1 aromatic heterocycles. The Balaban J connectivity index is 1.81. The molecule has 4 nitrogen and oxygen atoms in total. The van der Waals surface area contributed by atoms with Crippen LogP contribution in [-0.2, 0) is 11.3 Å². The predicted octanol–water partition coefficient (Wildman–Crippen LogP) is 1.02. The molecule has 0 radical (unpaired) electrons. The maximum Gasteiger partial charge on any atom is 0.0815 e. The number of ether oxygens (including phenoxy) is 1. The lowest BCUT2D eigenvalue weighted by atomic mass is 9.94. The van der Waals surface area contributed by atoms with Crippen molar-refractivity contribution >= 4 is 0 Å². The zero-order valence-electron chi connectivity index (χ0n) is 10.3. The summed E-state index contributed by atoms with van der Waals surface area (Å²) in [5.41, 5.74) is 1.61. The summed E-state index contributed by atoms with van der Waals surface area (Å²) in [4.78, 5) is 4.31. The fraction of sp³-hybridized carbons (Fsp3) is 0.615. The minimum absolute atomic E-state index is 0.604. The molecule has 1 aliphatic rings. The second kappa shape index (κ2) is 5.58. The van der Waals surface area contributed by atoms with E-state index in [1.807, 2.05) is 19.1 Å². The van der Waals surface area contributed by atoms with Crippen molar-refractivity contribution in [2.24, 2.45) is 0 Å². The van der Waals surface area contributed by atoms with Gasteiger partial charge in [-0.15, -0.1) is 0 Å². The van der Waals surface area contributed by atoms with Gasteiger partial charge in [0.1, 0.15) is 0 Å². The van der Waals surface area contributed by atoms with E-state index in [9.17, 15) is 5.11 Å². The first kappa shape index (κ1) is 12.5. The van der Waals surface area contributed by atoms with Crippen LogP contribution in [0, 0.1) is 6.92 Å². The number of pyridine rings is 1. The third kappa shape index (κ3) is 3.49. The molecule has 0 spiro atoms. The van der Waals surface area contributed by atoms with E-state index in [1.165, 1.54) is 5.56 Å². The summed E-state index contributed by atoms with van der Waals surface area (Å²) in [7, 11) is 0. The summed E-state index contributed by atoms with van der Waals surface area (Å²) in [6.45, 7) is 4.66. The molecule has 1 aromatic rings. The Morgan fingerprint density at radius 1 is 1.47 bits per heavy atom. The van der Waals surface area contributed by atoms with Crippen LogP contribution in [0.1, 0.15) is 24.1 Å². The van der Waals surface area contributed by atoms with Crippen LogP contribution in [0.4, 0.5) is 0 Å². The summed E-state index contributed by atoms with van der Waals surface area (Å²) < 4.78 is 5.25. The van der Waals surface area contributed by atoms with Gasteiger partial charge in [-0.1, -0.05) is 6.07 Å². The number of nitrogens with zero attached hydrogens (tertiary/aromatic N) is 1. The second-order valence-electron chi connectivity index (χ2n) is 4.71. The Kier molecular flexibility index (Phi) is 4.10. The molecule has 1 aliphatic heterocycles. The van der Waals surface area contributed by atoms with Crippen molar-refractivity contribution in [1.82, 2.24) is 10.3 Å². The van der Waals surface area contributed by atoms with Gasteiger partial charge in [-0.3, -0.25) is 4.98 Å². The van der Waals surface area contributed by atoms with Crippen LogP contribution >= 0.6 is 0 Å². The van der Waals surface area contributed by atoms with Crippen molar-refractivity contribution in [3.8, 4) is 0 Å². The van der Waals surface area contributed by atoms with Gasteiger partial charge in [0, 0.05) is 45.3 Å². The van der Waals surface area contributed by atoms with Crippen LogP contribution in [0.3, 0.4) is 0 Å². The first-order valence-corrected chi connectivity index (χ1v) is 6.11. The standard InChI is InChI=1S/C13H20N2O2/c1-11-3-2-6-15-12(11)9-14-10-13(16)4-7-17-8-5-13/h2-3,6,14,16H,4-5,7-10H2,1H3. The van der Waals surface area contributed by atoms with Gasteiger partial charge >= 0.3 is 0 Å². The predicted molar refractivity (Wildman–Crippen MR) is 65.7 cm³/mol. The zero-order chi connectivity index (χ0) is 12.1. The van der Waals surface area contributed by atoms with Crippen molar-refractivity contribution in [3.63, 3.8) is 0 Å². The van der Waals surface area contributed by atoms with Gasteiger partial charge in [0.25, 0.3) is 0 Å². The molecule has 0 bridgehead atoms. The quantitative estimate of drug-likeness (QED) is 0.819. The maximum atomic E-state index is 10.3. The Labute approximate surface area is 102 Å². The van der Waals surface area contributed by atoms with Gasteiger partial charge < -0.3 is 15.2 Å². The Morgan fingerprint density at radius 2 is 2.24 bits per heavy atom. The van der Waals surface area contributed by atoms with Gasteiger partial charge in [0.2, 0.25) is 0 Å². The highest BCUT2D eigenvalue weighted by atomic mass is 16.5.